The quantitative estimate of drug-likeness (QED) is 0.599. The molecule has 1 amide bonds. The van der Waals surface area contributed by atoms with Gasteiger partial charge in [0.2, 0.25) is 0 Å². The highest BCUT2D eigenvalue weighted by atomic mass is 16.5. The van der Waals surface area contributed by atoms with Gasteiger partial charge in [0.1, 0.15) is 5.75 Å². The zero-order valence-corrected chi connectivity index (χ0v) is 9.32. The molecule has 84 valence electrons. The molecule has 0 aromatic heterocycles. The molecule has 0 fully saturated rings. The molecule has 0 saturated heterocycles. The van der Waals surface area contributed by atoms with Crippen LogP contribution in [0.5, 0.6) is 5.75 Å². The van der Waals surface area contributed by atoms with E-state index < -0.39 is 0 Å². The van der Waals surface area contributed by atoms with Crippen molar-refractivity contribution >= 4 is 5.91 Å². The predicted molar refractivity (Wildman–Crippen MR) is 63.1 cm³/mol. The number of benzene rings is 1. The first-order valence-corrected chi connectivity index (χ1v) is 5.12. The molecule has 1 rings (SSSR count). The molecule has 1 N–H and O–H groups in total. The van der Waals surface area contributed by atoms with Crippen LogP contribution in [0.2, 0.25) is 0 Å². The highest BCUT2D eigenvalue weighted by Crippen LogP contribution is 2.11. The maximum absolute atomic E-state index is 11.3. The predicted octanol–water partition coefficient (Wildman–Crippen LogP) is 1.51. The van der Waals surface area contributed by atoms with Crippen molar-refractivity contribution < 1.29 is 9.53 Å². The van der Waals surface area contributed by atoms with Crippen molar-refractivity contribution in [1.82, 2.24) is 5.32 Å². The van der Waals surface area contributed by atoms with Gasteiger partial charge in [-0.3, -0.25) is 4.79 Å². The van der Waals surface area contributed by atoms with Crippen LogP contribution in [0.1, 0.15) is 12.0 Å². The lowest BCUT2D eigenvalue weighted by Gasteiger charge is -2.06. The van der Waals surface area contributed by atoms with E-state index in [9.17, 15) is 4.79 Å². The van der Waals surface area contributed by atoms with E-state index in [1.165, 1.54) is 0 Å². The summed E-state index contributed by atoms with van der Waals surface area (Å²) < 4.78 is 5.32. The molecule has 1 aromatic carbocycles. The number of aryl methyl sites for hydroxylation is 1. The number of amides is 1. The van der Waals surface area contributed by atoms with Gasteiger partial charge in [0.15, 0.2) is 6.61 Å². The number of terminal acetylenes is 1. The average molecular weight is 217 g/mol. The Labute approximate surface area is 95.8 Å². The van der Waals surface area contributed by atoms with Gasteiger partial charge in [-0.05, 0) is 24.6 Å². The van der Waals surface area contributed by atoms with E-state index in [0.29, 0.717) is 18.7 Å². The van der Waals surface area contributed by atoms with E-state index >= 15 is 0 Å². The van der Waals surface area contributed by atoms with Crippen LogP contribution in [0.4, 0.5) is 0 Å². The van der Waals surface area contributed by atoms with Gasteiger partial charge in [-0.1, -0.05) is 12.1 Å². The first-order valence-electron chi connectivity index (χ1n) is 5.12. The molecule has 3 nitrogen and oxygen atoms in total. The Balaban J connectivity index is 2.29. The van der Waals surface area contributed by atoms with Crippen molar-refractivity contribution in [2.24, 2.45) is 0 Å². The third-order valence-electron chi connectivity index (χ3n) is 1.95. The third kappa shape index (κ3) is 4.52. The van der Waals surface area contributed by atoms with Gasteiger partial charge < -0.3 is 10.1 Å². The Morgan fingerprint density at radius 1 is 1.56 bits per heavy atom. The van der Waals surface area contributed by atoms with Crippen LogP contribution in [0.25, 0.3) is 0 Å². The zero-order valence-electron chi connectivity index (χ0n) is 9.32. The topological polar surface area (TPSA) is 38.3 Å². The lowest BCUT2D eigenvalue weighted by atomic mass is 10.2. The van der Waals surface area contributed by atoms with Gasteiger partial charge in [0.25, 0.3) is 5.91 Å². The number of nitrogens with one attached hydrogen (secondary N) is 1. The largest absolute Gasteiger partial charge is 0.484 e. The summed E-state index contributed by atoms with van der Waals surface area (Å²) in [5, 5.41) is 2.66. The fourth-order valence-corrected chi connectivity index (χ4v) is 1.18. The highest BCUT2D eigenvalue weighted by molar-refractivity contribution is 5.77. The number of carbonyl (C=O) groups excluding carboxylic acids is 1. The standard InChI is InChI=1S/C13H15NO2/c1-3-4-8-14-13(15)10-16-12-7-5-6-11(2)9-12/h1,5-7,9H,4,8,10H2,2H3,(H,14,15). The normalized spacial score (nSPS) is 9.25. The van der Waals surface area contributed by atoms with Crippen LogP contribution in [-0.4, -0.2) is 19.1 Å². The van der Waals surface area contributed by atoms with Gasteiger partial charge in [-0.25, -0.2) is 0 Å². The summed E-state index contributed by atoms with van der Waals surface area (Å²) in [6.07, 6.45) is 5.60. The van der Waals surface area contributed by atoms with Crippen LogP contribution in [0, 0.1) is 19.3 Å². The summed E-state index contributed by atoms with van der Waals surface area (Å²) in [6.45, 7) is 2.49. The molecule has 3 heteroatoms. The second-order valence-corrected chi connectivity index (χ2v) is 3.41. The fraction of sp³-hybridized carbons (Fsp3) is 0.308. The minimum Gasteiger partial charge on any atom is -0.484 e. The first kappa shape index (κ1) is 12.1. The highest BCUT2D eigenvalue weighted by Gasteiger charge is 2.01. The molecule has 0 heterocycles. The molecule has 0 saturated carbocycles. The average Bonchev–Trinajstić information content (AvgIpc) is 2.27. The molecule has 0 aliphatic rings. The number of hydrogen-bond donors (Lipinski definition) is 1. The summed E-state index contributed by atoms with van der Waals surface area (Å²) in [7, 11) is 0. The molecule has 16 heavy (non-hydrogen) atoms. The van der Waals surface area contributed by atoms with Gasteiger partial charge >= 0.3 is 0 Å². The van der Waals surface area contributed by atoms with Crippen molar-refractivity contribution in [3.05, 3.63) is 29.8 Å². The van der Waals surface area contributed by atoms with Crippen molar-refractivity contribution in [3.8, 4) is 18.1 Å². The van der Waals surface area contributed by atoms with E-state index in [1.54, 1.807) is 0 Å². The first-order chi connectivity index (χ1) is 7.72. The summed E-state index contributed by atoms with van der Waals surface area (Å²) in [5.74, 6) is 2.99. The number of hydrogen-bond acceptors (Lipinski definition) is 2. The molecule has 0 unspecified atom stereocenters. The zero-order chi connectivity index (χ0) is 11.8. The molecule has 1 aromatic rings. The summed E-state index contributed by atoms with van der Waals surface area (Å²) in [5.41, 5.74) is 1.10. The van der Waals surface area contributed by atoms with Crippen LogP contribution in [-0.2, 0) is 4.79 Å². The lowest BCUT2D eigenvalue weighted by molar-refractivity contribution is -0.123. The molecule has 0 spiro atoms. The van der Waals surface area contributed by atoms with Gasteiger partial charge in [-0.2, -0.15) is 0 Å². The van der Waals surface area contributed by atoms with Gasteiger partial charge in [-0.15, -0.1) is 12.3 Å². The molecular weight excluding hydrogens is 202 g/mol. The Bertz CT molecular complexity index is 393. The van der Waals surface area contributed by atoms with Crippen LogP contribution in [0.15, 0.2) is 24.3 Å². The second kappa shape index (κ2) is 6.52. The number of ether oxygens (including phenoxy) is 1. The molecule has 0 atom stereocenters. The van der Waals surface area contributed by atoms with Crippen molar-refractivity contribution in [3.63, 3.8) is 0 Å². The molecule has 0 bridgehead atoms. The third-order valence-corrected chi connectivity index (χ3v) is 1.95. The van der Waals surface area contributed by atoms with Crippen LogP contribution < -0.4 is 10.1 Å². The minimum atomic E-state index is -0.156. The Hall–Kier alpha value is -1.95. The summed E-state index contributed by atoms with van der Waals surface area (Å²) >= 11 is 0. The van der Waals surface area contributed by atoms with E-state index in [-0.39, 0.29) is 12.5 Å². The van der Waals surface area contributed by atoms with E-state index in [2.05, 4.69) is 11.2 Å². The maximum Gasteiger partial charge on any atom is 0.257 e. The summed E-state index contributed by atoms with van der Waals surface area (Å²) in [6, 6.07) is 7.57. The maximum atomic E-state index is 11.3. The molecule has 0 aliphatic carbocycles. The van der Waals surface area contributed by atoms with Crippen LogP contribution in [0.3, 0.4) is 0 Å². The monoisotopic (exact) mass is 217 g/mol. The Kier molecular flexibility index (Phi) is 4.94. The smallest absolute Gasteiger partial charge is 0.257 e. The lowest BCUT2D eigenvalue weighted by Crippen LogP contribution is -2.29. The van der Waals surface area contributed by atoms with Crippen molar-refractivity contribution in [1.29, 1.82) is 0 Å². The van der Waals surface area contributed by atoms with Crippen molar-refractivity contribution in [2.45, 2.75) is 13.3 Å². The SMILES string of the molecule is C#CCCNC(=O)COc1cccc(C)c1. The molecular formula is C13H15NO2. The van der Waals surface area contributed by atoms with Crippen molar-refractivity contribution in [2.75, 3.05) is 13.2 Å². The number of rotatable bonds is 5. The molecule has 0 radical (unpaired) electrons. The fourth-order valence-electron chi connectivity index (χ4n) is 1.18. The number of carbonyl (C=O) groups is 1. The molecule has 0 aliphatic heterocycles. The van der Waals surface area contributed by atoms with E-state index in [4.69, 9.17) is 11.2 Å². The Morgan fingerprint density at radius 2 is 2.38 bits per heavy atom. The van der Waals surface area contributed by atoms with E-state index in [1.807, 2.05) is 31.2 Å². The second-order valence-electron chi connectivity index (χ2n) is 3.41. The van der Waals surface area contributed by atoms with Gasteiger partial charge in [0, 0.05) is 13.0 Å². The Morgan fingerprint density at radius 3 is 3.06 bits per heavy atom. The van der Waals surface area contributed by atoms with Crippen LogP contribution >= 0.6 is 0 Å². The van der Waals surface area contributed by atoms with Gasteiger partial charge in [0.05, 0.1) is 0 Å². The summed E-state index contributed by atoms with van der Waals surface area (Å²) in [4.78, 5) is 11.3. The minimum absolute atomic E-state index is 0.0218. The van der Waals surface area contributed by atoms with E-state index in [0.717, 1.165) is 5.56 Å².